The van der Waals surface area contributed by atoms with Crippen molar-refractivity contribution in [3.63, 3.8) is 0 Å². The normalized spacial score (nSPS) is 16.8. The molecule has 0 saturated heterocycles. The number of amides is 2. The van der Waals surface area contributed by atoms with Gasteiger partial charge in [-0.2, -0.15) is 0 Å². The monoisotopic (exact) mass is 370 g/mol. The molecule has 5 heteroatoms. The van der Waals surface area contributed by atoms with Gasteiger partial charge in [-0.05, 0) is 53.9 Å². The maximum Gasteiger partial charge on any atom is 0.256 e. The lowest BCUT2D eigenvalue weighted by atomic mass is 9.86. The maximum atomic E-state index is 12.7. The number of nitrogens with one attached hydrogen (secondary N) is 1. The van der Waals surface area contributed by atoms with Gasteiger partial charge in [0.15, 0.2) is 0 Å². The molecule has 1 aliphatic rings. The maximum absolute atomic E-state index is 12.7. The van der Waals surface area contributed by atoms with Crippen LogP contribution in [0.1, 0.15) is 70.8 Å². The molecular formula is C21H26N2O2S. The number of fused-ring (bicyclic) bond motifs is 1. The smallest absolute Gasteiger partial charge is 0.256 e. The number of nitrogens with two attached hydrogens (primary N) is 1. The van der Waals surface area contributed by atoms with Crippen LogP contribution in [-0.2, 0) is 18.3 Å². The molecule has 1 heterocycles. The molecule has 2 amide bonds. The lowest BCUT2D eigenvalue weighted by Crippen LogP contribution is -2.19. The van der Waals surface area contributed by atoms with Crippen LogP contribution in [0.3, 0.4) is 0 Å². The van der Waals surface area contributed by atoms with E-state index < -0.39 is 5.91 Å². The summed E-state index contributed by atoms with van der Waals surface area (Å²) in [5, 5.41) is 3.50. The number of carbonyl (C=O) groups excluding carboxylic acids is 2. The van der Waals surface area contributed by atoms with Crippen LogP contribution in [-0.4, -0.2) is 11.8 Å². The fourth-order valence-electron chi connectivity index (χ4n) is 3.40. The van der Waals surface area contributed by atoms with E-state index in [2.05, 4.69) is 33.0 Å². The third-order valence-electron chi connectivity index (χ3n) is 5.00. The van der Waals surface area contributed by atoms with E-state index in [0.717, 1.165) is 24.8 Å². The molecule has 1 atom stereocenters. The molecule has 2 aromatic rings. The molecule has 0 bridgehead atoms. The van der Waals surface area contributed by atoms with Crippen LogP contribution < -0.4 is 11.1 Å². The minimum absolute atomic E-state index is 0.0393. The first-order chi connectivity index (χ1) is 12.2. The highest BCUT2D eigenvalue weighted by atomic mass is 32.1. The zero-order valence-electron chi connectivity index (χ0n) is 15.8. The summed E-state index contributed by atoms with van der Waals surface area (Å²) in [7, 11) is 0. The van der Waals surface area contributed by atoms with E-state index >= 15 is 0 Å². The summed E-state index contributed by atoms with van der Waals surface area (Å²) in [4.78, 5) is 25.8. The number of hydrogen-bond acceptors (Lipinski definition) is 3. The molecule has 0 saturated carbocycles. The van der Waals surface area contributed by atoms with Crippen LogP contribution >= 0.6 is 11.3 Å². The molecular weight excluding hydrogens is 344 g/mol. The quantitative estimate of drug-likeness (QED) is 0.833. The Kier molecular flexibility index (Phi) is 4.93. The summed E-state index contributed by atoms with van der Waals surface area (Å²) < 4.78 is 0. The van der Waals surface area contributed by atoms with E-state index in [-0.39, 0.29) is 11.3 Å². The van der Waals surface area contributed by atoms with Gasteiger partial charge in [0.05, 0.1) is 5.56 Å². The summed E-state index contributed by atoms with van der Waals surface area (Å²) in [6.45, 7) is 8.62. The molecule has 0 fully saturated rings. The molecule has 0 radical (unpaired) electrons. The molecule has 26 heavy (non-hydrogen) atoms. The van der Waals surface area contributed by atoms with E-state index in [0.29, 0.717) is 22.0 Å². The van der Waals surface area contributed by atoms with E-state index in [1.54, 1.807) is 0 Å². The molecule has 138 valence electrons. The van der Waals surface area contributed by atoms with Crippen molar-refractivity contribution >= 4 is 28.2 Å². The molecule has 1 unspecified atom stereocenters. The van der Waals surface area contributed by atoms with Crippen LogP contribution in [0, 0.1) is 5.92 Å². The van der Waals surface area contributed by atoms with E-state index in [4.69, 9.17) is 5.73 Å². The number of primary amides is 1. The predicted molar refractivity (Wildman–Crippen MR) is 107 cm³/mol. The van der Waals surface area contributed by atoms with E-state index in [1.807, 2.05) is 24.3 Å². The standard InChI is InChI=1S/C21H26N2O2S/c1-12-5-10-15-16(11-12)26-20(17(15)18(22)24)23-19(25)13-6-8-14(9-7-13)21(2,3)4/h6-9,12H,5,10-11H2,1-4H3,(H2,22,24)(H,23,25). The third kappa shape index (κ3) is 3.68. The minimum Gasteiger partial charge on any atom is -0.365 e. The number of anilines is 1. The van der Waals surface area contributed by atoms with Crippen molar-refractivity contribution in [2.24, 2.45) is 11.7 Å². The van der Waals surface area contributed by atoms with Gasteiger partial charge in [-0.15, -0.1) is 11.3 Å². The van der Waals surface area contributed by atoms with Gasteiger partial charge in [0.2, 0.25) is 0 Å². The van der Waals surface area contributed by atoms with Crippen molar-refractivity contribution in [3.05, 3.63) is 51.4 Å². The van der Waals surface area contributed by atoms with Gasteiger partial charge < -0.3 is 11.1 Å². The van der Waals surface area contributed by atoms with E-state index in [1.165, 1.54) is 21.8 Å². The van der Waals surface area contributed by atoms with Crippen molar-refractivity contribution in [2.75, 3.05) is 5.32 Å². The first kappa shape index (κ1) is 18.6. The average Bonchev–Trinajstić information content (AvgIpc) is 2.91. The zero-order chi connectivity index (χ0) is 19.1. The topological polar surface area (TPSA) is 72.2 Å². The summed E-state index contributed by atoms with van der Waals surface area (Å²) in [6.07, 6.45) is 2.84. The highest BCUT2D eigenvalue weighted by molar-refractivity contribution is 7.17. The minimum atomic E-state index is -0.463. The Bertz CT molecular complexity index is 844. The molecule has 4 nitrogen and oxygen atoms in total. The highest BCUT2D eigenvalue weighted by Crippen LogP contribution is 2.39. The number of hydrogen-bond donors (Lipinski definition) is 2. The second-order valence-corrected chi connectivity index (χ2v) is 9.31. The second kappa shape index (κ2) is 6.88. The summed E-state index contributed by atoms with van der Waals surface area (Å²) >= 11 is 1.49. The summed E-state index contributed by atoms with van der Waals surface area (Å²) in [5.41, 5.74) is 8.93. The van der Waals surface area contributed by atoms with Gasteiger partial charge in [-0.1, -0.05) is 39.8 Å². The van der Waals surface area contributed by atoms with Crippen molar-refractivity contribution in [3.8, 4) is 0 Å². The van der Waals surface area contributed by atoms with Crippen molar-refractivity contribution < 1.29 is 9.59 Å². The number of carbonyl (C=O) groups is 2. The molecule has 0 aliphatic heterocycles. The Balaban J connectivity index is 1.87. The van der Waals surface area contributed by atoms with Gasteiger partial charge in [0, 0.05) is 10.4 Å². The highest BCUT2D eigenvalue weighted by Gasteiger charge is 2.27. The second-order valence-electron chi connectivity index (χ2n) is 8.20. The Hall–Kier alpha value is -2.14. The number of benzene rings is 1. The Morgan fingerprint density at radius 2 is 1.85 bits per heavy atom. The van der Waals surface area contributed by atoms with Crippen LogP contribution in [0.2, 0.25) is 0 Å². The van der Waals surface area contributed by atoms with Crippen LogP contribution in [0.4, 0.5) is 5.00 Å². The van der Waals surface area contributed by atoms with Crippen molar-refractivity contribution in [1.82, 2.24) is 0 Å². The molecule has 1 aromatic heterocycles. The lowest BCUT2D eigenvalue weighted by Gasteiger charge is -2.19. The van der Waals surface area contributed by atoms with Gasteiger partial charge in [-0.3, -0.25) is 9.59 Å². The van der Waals surface area contributed by atoms with E-state index in [9.17, 15) is 9.59 Å². The Morgan fingerprint density at radius 3 is 2.42 bits per heavy atom. The lowest BCUT2D eigenvalue weighted by molar-refractivity contribution is 0.1000. The molecule has 1 aromatic carbocycles. The van der Waals surface area contributed by atoms with Crippen LogP contribution in [0.15, 0.2) is 24.3 Å². The van der Waals surface area contributed by atoms with Crippen molar-refractivity contribution in [1.29, 1.82) is 0 Å². The summed E-state index contributed by atoms with van der Waals surface area (Å²) in [5.74, 6) is -0.0783. The first-order valence-electron chi connectivity index (χ1n) is 9.03. The third-order valence-corrected chi connectivity index (χ3v) is 6.17. The summed E-state index contributed by atoms with van der Waals surface area (Å²) in [6, 6.07) is 7.61. The number of thiophene rings is 1. The van der Waals surface area contributed by atoms with Crippen LogP contribution in [0.25, 0.3) is 0 Å². The van der Waals surface area contributed by atoms with Gasteiger partial charge in [0.25, 0.3) is 11.8 Å². The first-order valence-corrected chi connectivity index (χ1v) is 9.84. The average molecular weight is 371 g/mol. The van der Waals surface area contributed by atoms with Crippen LogP contribution in [0.5, 0.6) is 0 Å². The predicted octanol–water partition coefficient (Wildman–Crippen LogP) is 4.52. The SMILES string of the molecule is CC1CCc2c(sc(NC(=O)c3ccc(C(C)(C)C)cc3)c2C(N)=O)C1. The Labute approximate surface area is 158 Å². The van der Waals surface area contributed by atoms with Gasteiger partial charge in [0.1, 0.15) is 5.00 Å². The molecule has 3 rings (SSSR count). The van der Waals surface area contributed by atoms with Gasteiger partial charge in [-0.25, -0.2) is 0 Å². The van der Waals surface area contributed by atoms with Crippen molar-refractivity contribution in [2.45, 2.75) is 52.4 Å². The fraction of sp³-hybridized carbons (Fsp3) is 0.429. The molecule has 3 N–H and O–H groups in total. The number of rotatable bonds is 3. The van der Waals surface area contributed by atoms with Gasteiger partial charge >= 0.3 is 0 Å². The molecule has 1 aliphatic carbocycles. The molecule has 0 spiro atoms. The zero-order valence-corrected chi connectivity index (χ0v) is 16.6. The fourth-order valence-corrected chi connectivity index (χ4v) is 4.81. The Morgan fingerprint density at radius 1 is 1.19 bits per heavy atom. The largest absolute Gasteiger partial charge is 0.365 e.